The minimum Gasteiger partial charge on any atom is -0.487 e. The minimum absolute atomic E-state index is 0.267. The van der Waals surface area contributed by atoms with Crippen molar-refractivity contribution in [2.45, 2.75) is 11.8 Å². The number of thiocarbonyl (C=S) groups is 1. The normalized spacial score (nSPS) is 23.8. The molecule has 0 spiro atoms. The van der Waals surface area contributed by atoms with Crippen LogP contribution >= 0.6 is 24.0 Å². The number of fused-ring (bicyclic) bond motifs is 1. The lowest BCUT2D eigenvalue weighted by molar-refractivity contribution is -0.137. The summed E-state index contributed by atoms with van der Waals surface area (Å²) in [5, 5.41) is 7.54. The molecule has 1 fully saturated rings. The van der Waals surface area contributed by atoms with E-state index in [0.29, 0.717) is 5.37 Å². The van der Waals surface area contributed by atoms with Crippen LogP contribution in [0, 0.1) is 0 Å². The third-order valence-electron chi connectivity index (χ3n) is 1.60. The molecular formula is C7H10N2O2S2. The summed E-state index contributed by atoms with van der Waals surface area (Å²) in [6.45, 7) is 0. The highest BCUT2D eigenvalue weighted by Gasteiger charge is 2.35. The molecule has 6 heteroatoms. The van der Waals surface area contributed by atoms with Crippen molar-refractivity contribution in [3.05, 3.63) is 12.3 Å². The summed E-state index contributed by atoms with van der Waals surface area (Å²) < 4.78 is 0. The molecule has 0 radical (unpaired) electrons. The van der Waals surface area contributed by atoms with E-state index in [0.717, 1.165) is 12.2 Å². The highest BCUT2D eigenvalue weighted by molar-refractivity contribution is 8.00. The number of aliphatic hydroxyl groups is 1. The van der Waals surface area contributed by atoms with Gasteiger partial charge in [0, 0.05) is 12.0 Å². The minimum atomic E-state index is -0.500. The van der Waals surface area contributed by atoms with Gasteiger partial charge >= 0.3 is 0 Å². The van der Waals surface area contributed by atoms with Crippen molar-refractivity contribution < 1.29 is 9.90 Å². The fourth-order valence-electron chi connectivity index (χ4n) is 1.04. The number of amides is 1. The summed E-state index contributed by atoms with van der Waals surface area (Å²) >= 11 is 5.71. The Morgan fingerprint density at radius 2 is 2.46 bits per heavy atom. The zero-order valence-electron chi connectivity index (χ0n) is 6.84. The average molecular weight is 218 g/mol. The van der Waals surface area contributed by atoms with Gasteiger partial charge in [-0.3, -0.25) is 4.79 Å². The zero-order chi connectivity index (χ0) is 9.84. The molecule has 2 aliphatic heterocycles. The molecule has 0 bridgehead atoms. The van der Waals surface area contributed by atoms with Gasteiger partial charge in [-0.1, -0.05) is 6.08 Å². The number of β-lactam (4-membered cyclic amide) rings is 1. The first-order valence-electron chi connectivity index (χ1n) is 3.69. The van der Waals surface area contributed by atoms with Crippen LogP contribution in [0.3, 0.4) is 0 Å². The molecule has 4 nitrogen and oxygen atoms in total. The predicted molar refractivity (Wildman–Crippen MR) is 56.3 cm³/mol. The number of thioether (sulfide) groups is 1. The molecule has 1 amide bonds. The fraction of sp³-hybridized carbons (Fsp3) is 0.429. The molecule has 2 heterocycles. The van der Waals surface area contributed by atoms with E-state index < -0.39 is 5.17 Å². The quantitative estimate of drug-likeness (QED) is 0.460. The Balaban J connectivity index is 0.000000184. The van der Waals surface area contributed by atoms with Gasteiger partial charge in [-0.15, -0.1) is 11.8 Å². The Labute approximate surface area is 85.8 Å². The number of nitrogens with two attached hydrogens (primary N) is 1. The number of carbonyl (C=O) groups excluding carboxylic acids is 1. The number of rotatable bonds is 0. The lowest BCUT2D eigenvalue weighted by Gasteiger charge is -2.39. The number of nitrogens with zero attached hydrogens (tertiary/aromatic N) is 1. The van der Waals surface area contributed by atoms with Crippen LogP contribution in [0.25, 0.3) is 0 Å². The van der Waals surface area contributed by atoms with Crippen molar-refractivity contribution in [1.29, 1.82) is 0 Å². The first-order valence-corrected chi connectivity index (χ1v) is 5.15. The maximum atomic E-state index is 10.7. The summed E-state index contributed by atoms with van der Waals surface area (Å²) in [5.74, 6) is 1.33. The van der Waals surface area contributed by atoms with E-state index in [-0.39, 0.29) is 5.91 Å². The smallest absolute Gasteiger partial charge is 0.251 e. The molecule has 0 saturated carbocycles. The molecule has 2 rings (SSSR count). The summed E-state index contributed by atoms with van der Waals surface area (Å²) in [4.78, 5) is 12.5. The summed E-state index contributed by atoms with van der Waals surface area (Å²) in [6, 6.07) is 0. The van der Waals surface area contributed by atoms with Crippen molar-refractivity contribution in [1.82, 2.24) is 4.90 Å². The standard InChI is InChI=1S/C6H7NOS.CH3NOS/c8-5-4-6-7(5)2-1-3-9-6;2-1(3)4/h1-2,6H,3-4H2;(H3,2,3,4). The van der Waals surface area contributed by atoms with Crippen LogP contribution in [0.15, 0.2) is 12.3 Å². The molecule has 1 atom stereocenters. The number of carbonyl (C=O) groups is 1. The first-order chi connectivity index (χ1) is 6.11. The summed E-state index contributed by atoms with van der Waals surface area (Å²) in [7, 11) is 0. The molecule has 72 valence electrons. The molecule has 3 N–H and O–H groups in total. The van der Waals surface area contributed by atoms with E-state index in [1.165, 1.54) is 0 Å². The van der Waals surface area contributed by atoms with E-state index in [4.69, 9.17) is 5.11 Å². The van der Waals surface area contributed by atoms with Crippen LogP contribution in [0.2, 0.25) is 0 Å². The van der Waals surface area contributed by atoms with Crippen LogP contribution in [0.5, 0.6) is 0 Å². The zero-order valence-corrected chi connectivity index (χ0v) is 8.48. The predicted octanol–water partition coefficient (Wildman–Crippen LogP) is 0.593. The van der Waals surface area contributed by atoms with Crippen LogP contribution in [0.4, 0.5) is 0 Å². The Morgan fingerprint density at radius 3 is 2.85 bits per heavy atom. The van der Waals surface area contributed by atoms with E-state index in [1.807, 2.05) is 24.0 Å². The molecule has 0 aromatic rings. The Hall–Kier alpha value is -0.750. The van der Waals surface area contributed by atoms with Crippen molar-refractivity contribution in [3.63, 3.8) is 0 Å². The molecular weight excluding hydrogens is 208 g/mol. The monoisotopic (exact) mass is 218 g/mol. The third-order valence-corrected chi connectivity index (χ3v) is 2.76. The van der Waals surface area contributed by atoms with Gasteiger partial charge in [-0.05, 0) is 12.2 Å². The van der Waals surface area contributed by atoms with E-state index in [1.54, 1.807) is 4.90 Å². The van der Waals surface area contributed by atoms with E-state index in [2.05, 4.69) is 18.0 Å². The van der Waals surface area contributed by atoms with E-state index in [9.17, 15) is 4.79 Å². The van der Waals surface area contributed by atoms with Crippen molar-refractivity contribution in [2.75, 3.05) is 5.75 Å². The molecule has 2 aliphatic rings. The van der Waals surface area contributed by atoms with Gasteiger partial charge in [0.05, 0.1) is 11.8 Å². The lowest BCUT2D eigenvalue weighted by atomic mass is 10.2. The van der Waals surface area contributed by atoms with Gasteiger partial charge in [0.2, 0.25) is 5.91 Å². The number of hydrogen-bond acceptors (Lipinski definition) is 3. The van der Waals surface area contributed by atoms with Crippen LogP contribution < -0.4 is 5.73 Å². The topological polar surface area (TPSA) is 66.6 Å². The Morgan fingerprint density at radius 1 is 1.85 bits per heavy atom. The lowest BCUT2D eigenvalue weighted by Crippen LogP contribution is -2.48. The van der Waals surface area contributed by atoms with Crippen LogP contribution in [-0.2, 0) is 4.79 Å². The highest BCUT2D eigenvalue weighted by Crippen LogP contribution is 2.32. The van der Waals surface area contributed by atoms with Crippen molar-refractivity contribution in [2.24, 2.45) is 5.73 Å². The molecule has 0 aromatic heterocycles. The van der Waals surface area contributed by atoms with E-state index >= 15 is 0 Å². The Kier molecular flexibility index (Phi) is 3.56. The molecule has 13 heavy (non-hydrogen) atoms. The largest absolute Gasteiger partial charge is 0.487 e. The third kappa shape index (κ3) is 2.89. The SMILES string of the molecule is NC(O)=S.O=C1CC2SCC=CN12. The van der Waals surface area contributed by atoms with Gasteiger partial charge in [0.25, 0.3) is 5.17 Å². The van der Waals surface area contributed by atoms with Gasteiger partial charge in [0.1, 0.15) is 0 Å². The first kappa shape index (κ1) is 10.3. The molecule has 0 aliphatic carbocycles. The van der Waals surface area contributed by atoms with Gasteiger partial charge in [-0.2, -0.15) is 0 Å². The number of hydrogen-bond donors (Lipinski definition) is 2. The molecule has 1 saturated heterocycles. The maximum Gasteiger partial charge on any atom is 0.251 e. The summed E-state index contributed by atoms with van der Waals surface area (Å²) in [5.41, 5.74) is 4.40. The molecule has 0 aromatic carbocycles. The van der Waals surface area contributed by atoms with Crippen LogP contribution in [-0.4, -0.2) is 32.2 Å². The van der Waals surface area contributed by atoms with Crippen LogP contribution in [0.1, 0.15) is 6.42 Å². The fourth-order valence-corrected chi connectivity index (χ4v) is 2.07. The average Bonchev–Trinajstić information content (AvgIpc) is 2.02. The summed E-state index contributed by atoms with van der Waals surface area (Å²) in [6.07, 6.45) is 4.67. The van der Waals surface area contributed by atoms with Gasteiger partial charge in [0.15, 0.2) is 0 Å². The van der Waals surface area contributed by atoms with Gasteiger partial charge < -0.3 is 15.7 Å². The van der Waals surface area contributed by atoms with Crippen molar-refractivity contribution in [3.8, 4) is 0 Å². The molecule has 1 unspecified atom stereocenters. The second-order valence-electron chi connectivity index (χ2n) is 2.52. The van der Waals surface area contributed by atoms with Gasteiger partial charge in [-0.25, -0.2) is 0 Å². The highest BCUT2D eigenvalue weighted by atomic mass is 32.2. The number of aliphatic hydroxyl groups excluding tert-OH is 1. The van der Waals surface area contributed by atoms with Crippen molar-refractivity contribution >= 4 is 35.1 Å². The second-order valence-corrected chi connectivity index (χ2v) is 4.15. The Bertz CT molecular complexity index is 251. The second kappa shape index (κ2) is 4.48. The maximum absolute atomic E-state index is 10.7.